The summed E-state index contributed by atoms with van der Waals surface area (Å²) in [5.41, 5.74) is 8.36. The van der Waals surface area contributed by atoms with E-state index in [0.717, 1.165) is 188 Å². The summed E-state index contributed by atoms with van der Waals surface area (Å²) in [7, 11) is 26.5. The zero-order chi connectivity index (χ0) is 74.6. The molecule has 0 radical (unpaired) electrons. The van der Waals surface area contributed by atoms with Crippen molar-refractivity contribution in [3.63, 3.8) is 0 Å². The van der Waals surface area contributed by atoms with Crippen molar-refractivity contribution in [1.29, 1.82) is 0 Å². The van der Waals surface area contributed by atoms with Gasteiger partial charge in [-0.05, 0) is 217 Å². The van der Waals surface area contributed by atoms with Gasteiger partial charge in [-0.3, -0.25) is 0 Å². The predicted octanol–water partition coefficient (Wildman–Crippen LogP) is 16.0. The van der Waals surface area contributed by atoms with Crippen molar-refractivity contribution in [2.75, 3.05) is 140 Å². The maximum Gasteiger partial charge on any atom is 0.122 e. The minimum absolute atomic E-state index is 0.115. The van der Waals surface area contributed by atoms with E-state index in [1.165, 1.54) is 0 Å². The van der Waals surface area contributed by atoms with Crippen molar-refractivity contribution < 1.29 is 94.7 Å². The zero-order valence-electron chi connectivity index (χ0n) is 63.6. The van der Waals surface area contributed by atoms with Crippen LogP contribution in [0.2, 0.25) is 0 Å². The first kappa shape index (κ1) is 81.7. The van der Waals surface area contributed by atoms with Crippen molar-refractivity contribution in [2.24, 2.45) is 23.7 Å². The van der Waals surface area contributed by atoms with E-state index in [1.807, 2.05) is 97.1 Å². The zero-order valence-corrected chi connectivity index (χ0v) is 63.6. The Morgan fingerprint density at radius 2 is 0.337 bits per heavy atom. The molecule has 20 heteroatoms. The molecule has 0 N–H and O–H groups in total. The largest absolute Gasteiger partial charge is 0.497 e. The van der Waals surface area contributed by atoms with Gasteiger partial charge in [0.15, 0.2) is 0 Å². The normalized spacial score (nSPS) is 12.1. The van der Waals surface area contributed by atoms with Crippen LogP contribution in [0.1, 0.15) is 70.2 Å². The Bertz CT molecular complexity index is 3410. The van der Waals surface area contributed by atoms with Crippen molar-refractivity contribution >= 4 is 0 Å². The summed E-state index contributed by atoms with van der Waals surface area (Å²) < 4.78 is 114. The monoisotopic (exact) mass is 1440 g/mol. The van der Waals surface area contributed by atoms with E-state index in [-0.39, 0.29) is 23.7 Å². The SMILES string of the molecule is COc1cc(COCCC[C@@H](Cc2cc(OC)cc(OC)c2)[C@@H](COCc2cc(OC)cc(OC)c2)Cc2cc(OC)cc(OC)c2)cc(OC)c1.COc1cc(COCCC[C@H](Cc2cc(OC)cc(OC)c2)[C@H](COCc2cc(OC)cc(OC)c2)Cc2cc(OC)cc(OC)c2)cc(OC)c1. The van der Waals surface area contributed by atoms with Gasteiger partial charge in [0, 0.05) is 61.7 Å². The lowest BCUT2D eigenvalue weighted by Gasteiger charge is -2.28. The summed E-state index contributed by atoms with van der Waals surface area (Å²) >= 11 is 0. The van der Waals surface area contributed by atoms with Crippen LogP contribution in [0, 0.1) is 23.7 Å². The molecule has 20 nitrogen and oxygen atoms in total. The first-order valence-electron chi connectivity index (χ1n) is 34.7. The topological polar surface area (TPSA) is 185 Å². The van der Waals surface area contributed by atoms with Crippen LogP contribution in [-0.4, -0.2) is 140 Å². The first-order chi connectivity index (χ1) is 50.6. The van der Waals surface area contributed by atoms with Crippen LogP contribution in [-0.2, 0) is 71.1 Å². The van der Waals surface area contributed by atoms with Gasteiger partial charge in [-0.15, -0.1) is 0 Å². The van der Waals surface area contributed by atoms with E-state index < -0.39 is 0 Å². The second kappa shape index (κ2) is 44.1. The van der Waals surface area contributed by atoms with E-state index in [1.54, 1.807) is 114 Å². The minimum Gasteiger partial charge on any atom is -0.497 e. The fourth-order valence-corrected chi connectivity index (χ4v) is 12.6. The molecule has 8 rings (SSSR count). The summed E-state index contributed by atoms with van der Waals surface area (Å²) in [4.78, 5) is 0. The first-order valence-corrected chi connectivity index (χ1v) is 34.7. The molecule has 0 bridgehead atoms. The molecule has 0 saturated heterocycles. The van der Waals surface area contributed by atoms with Crippen molar-refractivity contribution in [1.82, 2.24) is 0 Å². The Kier molecular flexibility index (Phi) is 34.7. The molecule has 8 aromatic carbocycles. The molecule has 0 aromatic heterocycles. The molecular formula is C84H108O20. The van der Waals surface area contributed by atoms with Gasteiger partial charge in [0.25, 0.3) is 0 Å². The van der Waals surface area contributed by atoms with Gasteiger partial charge < -0.3 is 94.7 Å². The van der Waals surface area contributed by atoms with Crippen LogP contribution < -0.4 is 75.8 Å². The van der Waals surface area contributed by atoms with Crippen molar-refractivity contribution in [3.05, 3.63) is 190 Å². The molecule has 0 aliphatic rings. The molecule has 0 aliphatic heterocycles. The molecule has 0 spiro atoms. The van der Waals surface area contributed by atoms with Gasteiger partial charge >= 0.3 is 0 Å². The van der Waals surface area contributed by atoms with Gasteiger partial charge in [-0.2, -0.15) is 0 Å². The Morgan fingerprint density at radius 3 is 0.510 bits per heavy atom. The molecule has 8 aromatic rings. The number of methoxy groups -OCH3 is 16. The second-order valence-corrected chi connectivity index (χ2v) is 25.0. The Morgan fingerprint density at radius 1 is 0.183 bits per heavy atom. The molecule has 0 saturated carbocycles. The highest BCUT2D eigenvalue weighted by Crippen LogP contribution is 2.37. The summed E-state index contributed by atoms with van der Waals surface area (Å²) in [6.07, 6.45) is 6.52. The molecule has 564 valence electrons. The number of benzene rings is 8. The number of hydrogen-bond donors (Lipinski definition) is 0. The molecule has 0 unspecified atom stereocenters. The summed E-state index contributed by atoms with van der Waals surface area (Å²) in [5.74, 6) is 12.4. The quantitative estimate of drug-likeness (QED) is 0.0328. The van der Waals surface area contributed by atoms with Crippen LogP contribution in [0.4, 0.5) is 0 Å². The number of ether oxygens (including phenoxy) is 20. The lowest BCUT2D eigenvalue weighted by molar-refractivity contribution is 0.0578. The van der Waals surface area contributed by atoms with Gasteiger partial charge in [0.2, 0.25) is 0 Å². The standard InChI is InChI=1S/2C42H54O10/c2*1-43-35-14-29(15-36(22-35)44-2)12-33(10-9-11-51-26-31-18-39(47-5)24-40(19-31)48-6)34(13-30-16-37(45-3)23-38(17-30)46-4)28-52-27-32-20-41(49-7)25-42(21-32)50-8/h2*14-25,33-34H,9-13,26-28H2,1-8H3/t2*33-,34+/m10/s1. The molecule has 0 heterocycles. The summed E-state index contributed by atoms with van der Waals surface area (Å²) in [6.45, 7) is 3.89. The molecule has 0 aliphatic carbocycles. The highest BCUT2D eigenvalue weighted by Gasteiger charge is 2.27. The average molecular weight is 1440 g/mol. The maximum atomic E-state index is 6.53. The van der Waals surface area contributed by atoms with Crippen molar-refractivity contribution in [3.8, 4) is 92.0 Å². The van der Waals surface area contributed by atoms with Crippen LogP contribution in [0.25, 0.3) is 0 Å². The average Bonchev–Trinajstić information content (AvgIpc) is 0.834. The van der Waals surface area contributed by atoms with Crippen LogP contribution in [0.5, 0.6) is 92.0 Å². The van der Waals surface area contributed by atoms with E-state index in [9.17, 15) is 0 Å². The molecule has 4 atom stereocenters. The molecule has 104 heavy (non-hydrogen) atoms. The smallest absolute Gasteiger partial charge is 0.122 e. The highest BCUT2D eigenvalue weighted by molar-refractivity contribution is 5.45. The van der Waals surface area contributed by atoms with Gasteiger partial charge in [-0.25, -0.2) is 0 Å². The van der Waals surface area contributed by atoms with Gasteiger partial charge in [0.1, 0.15) is 92.0 Å². The molecule has 0 fully saturated rings. The van der Waals surface area contributed by atoms with Crippen molar-refractivity contribution in [2.45, 2.75) is 77.8 Å². The van der Waals surface area contributed by atoms with E-state index in [4.69, 9.17) is 94.7 Å². The number of hydrogen-bond acceptors (Lipinski definition) is 20. The Labute approximate surface area is 615 Å². The highest BCUT2D eigenvalue weighted by atomic mass is 16.5. The number of rotatable bonds is 46. The van der Waals surface area contributed by atoms with Crippen LogP contribution in [0.3, 0.4) is 0 Å². The van der Waals surface area contributed by atoms with Gasteiger partial charge in [-0.1, -0.05) is 0 Å². The fraction of sp³-hybridized carbons (Fsp3) is 0.429. The molecular weight excluding hydrogens is 1330 g/mol. The molecule has 0 amide bonds. The lowest BCUT2D eigenvalue weighted by atomic mass is 9.80. The third-order valence-corrected chi connectivity index (χ3v) is 18.1. The van der Waals surface area contributed by atoms with E-state index >= 15 is 0 Å². The van der Waals surface area contributed by atoms with Gasteiger partial charge in [0.05, 0.1) is 153 Å². The van der Waals surface area contributed by atoms with Crippen LogP contribution in [0.15, 0.2) is 146 Å². The maximum absolute atomic E-state index is 6.53. The predicted molar refractivity (Wildman–Crippen MR) is 402 cm³/mol. The fourth-order valence-electron chi connectivity index (χ4n) is 12.6. The van der Waals surface area contributed by atoms with E-state index in [0.29, 0.717) is 52.9 Å². The Balaban J connectivity index is 0.000000291. The minimum atomic E-state index is 0.115. The van der Waals surface area contributed by atoms with Crippen LogP contribution >= 0.6 is 0 Å². The second-order valence-electron chi connectivity index (χ2n) is 25.0. The summed E-state index contributed by atoms with van der Waals surface area (Å²) in [6, 6.07) is 47.3. The summed E-state index contributed by atoms with van der Waals surface area (Å²) in [5, 5.41) is 0. The third-order valence-electron chi connectivity index (χ3n) is 18.1. The third kappa shape index (κ3) is 26.6. The van der Waals surface area contributed by atoms with E-state index in [2.05, 4.69) is 48.5 Å². The lowest BCUT2D eigenvalue weighted by Crippen LogP contribution is -2.25. The Hall–Kier alpha value is -9.60.